The number of aryl methyl sites for hydroxylation is 1. The van der Waals surface area contributed by atoms with Gasteiger partial charge in [-0.25, -0.2) is 0 Å². The van der Waals surface area contributed by atoms with Crippen LogP contribution in [0.3, 0.4) is 0 Å². The molecule has 0 bridgehead atoms. The Balaban J connectivity index is 1.70. The lowest BCUT2D eigenvalue weighted by Crippen LogP contribution is -2.35. The lowest BCUT2D eigenvalue weighted by molar-refractivity contribution is 0.0938. The van der Waals surface area contributed by atoms with Gasteiger partial charge in [-0.05, 0) is 48.6 Å². The van der Waals surface area contributed by atoms with Gasteiger partial charge in [-0.3, -0.25) is 4.79 Å². The zero-order chi connectivity index (χ0) is 14.1. The molecule has 3 heteroatoms. The first-order valence-corrected chi connectivity index (χ1v) is 7.15. The lowest BCUT2D eigenvalue weighted by Gasteiger charge is -2.12. The highest BCUT2D eigenvalue weighted by molar-refractivity contribution is 6.31. The number of carbonyl (C=O) groups is 1. The van der Waals surface area contributed by atoms with Crippen LogP contribution in [0.1, 0.15) is 27.0 Å². The summed E-state index contributed by atoms with van der Waals surface area (Å²) in [6.45, 7) is 1.93. The van der Waals surface area contributed by atoms with E-state index >= 15 is 0 Å². The van der Waals surface area contributed by atoms with Crippen LogP contribution in [0.4, 0.5) is 0 Å². The molecule has 0 heterocycles. The second-order valence-electron chi connectivity index (χ2n) is 5.31. The Kier molecular flexibility index (Phi) is 3.49. The summed E-state index contributed by atoms with van der Waals surface area (Å²) >= 11 is 6.07. The van der Waals surface area contributed by atoms with Gasteiger partial charge in [-0.1, -0.05) is 41.9 Å². The smallest absolute Gasteiger partial charge is 0.251 e. The second kappa shape index (κ2) is 5.29. The number of rotatable bonds is 2. The van der Waals surface area contributed by atoms with Crippen LogP contribution in [0.25, 0.3) is 0 Å². The number of fused-ring (bicyclic) bond motifs is 1. The van der Waals surface area contributed by atoms with E-state index in [2.05, 4.69) is 17.4 Å². The summed E-state index contributed by atoms with van der Waals surface area (Å²) in [6.07, 6.45) is 1.81. The van der Waals surface area contributed by atoms with E-state index in [0.29, 0.717) is 10.6 Å². The molecular formula is C17H16ClNO. The van der Waals surface area contributed by atoms with E-state index in [1.807, 2.05) is 31.2 Å². The Morgan fingerprint density at radius 1 is 1.15 bits per heavy atom. The van der Waals surface area contributed by atoms with Crippen molar-refractivity contribution in [3.8, 4) is 0 Å². The van der Waals surface area contributed by atoms with Crippen LogP contribution in [-0.2, 0) is 12.8 Å². The molecule has 0 unspecified atom stereocenters. The van der Waals surface area contributed by atoms with E-state index < -0.39 is 0 Å². The summed E-state index contributed by atoms with van der Waals surface area (Å²) in [5.74, 6) is -0.0512. The molecule has 1 amide bonds. The van der Waals surface area contributed by atoms with E-state index in [-0.39, 0.29) is 11.9 Å². The Bertz CT molecular complexity index is 641. The molecule has 2 aromatic carbocycles. The molecule has 0 fully saturated rings. The highest BCUT2D eigenvalue weighted by Crippen LogP contribution is 2.22. The quantitative estimate of drug-likeness (QED) is 0.898. The molecule has 1 aliphatic carbocycles. The average Bonchev–Trinajstić information content (AvgIpc) is 2.83. The zero-order valence-corrected chi connectivity index (χ0v) is 12.1. The van der Waals surface area contributed by atoms with Crippen molar-refractivity contribution in [1.29, 1.82) is 0 Å². The molecule has 20 heavy (non-hydrogen) atoms. The van der Waals surface area contributed by atoms with E-state index in [9.17, 15) is 4.79 Å². The zero-order valence-electron chi connectivity index (χ0n) is 11.3. The van der Waals surface area contributed by atoms with Crippen molar-refractivity contribution < 1.29 is 4.79 Å². The summed E-state index contributed by atoms with van der Waals surface area (Å²) in [6, 6.07) is 14.0. The van der Waals surface area contributed by atoms with Crippen molar-refractivity contribution in [3.05, 3.63) is 69.7 Å². The number of halogens is 1. The van der Waals surface area contributed by atoms with Crippen molar-refractivity contribution >= 4 is 17.5 Å². The minimum atomic E-state index is -0.0512. The summed E-state index contributed by atoms with van der Waals surface area (Å²) in [7, 11) is 0. The number of hydrogen-bond donors (Lipinski definition) is 1. The number of hydrogen-bond acceptors (Lipinski definition) is 1. The Labute approximate surface area is 123 Å². The van der Waals surface area contributed by atoms with Crippen molar-refractivity contribution in [2.45, 2.75) is 25.8 Å². The molecular weight excluding hydrogens is 270 g/mol. The topological polar surface area (TPSA) is 29.1 Å². The average molecular weight is 286 g/mol. The van der Waals surface area contributed by atoms with E-state index in [0.717, 1.165) is 18.4 Å². The normalized spacial score (nSPS) is 14.1. The fourth-order valence-corrected chi connectivity index (χ4v) is 2.84. The van der Waals surface area contributed by atoms with Gasteiger partial charge in [0.15, 0.2) is 0 Å². The molecule has 0 aromatic heterocycles. The van der Waals surface area contributed by atoms with Crippen molar-refractivity contribution in [3.63, 3.8) is 0 Å². The second-order valence-corrected chi connectivity index (χ2v) is 5.72. The molecule has 3 rings (SSSR count). The van der Waals surface area contributed by atoms with Gasteiger partial charge >= 0.3 is 0 Å². The Morgan fingerprint density at radius 3 is 2.40 bits per heavy atom. The number of amides is 1. The molecule has 0 spiro atoms. The largest absolute Gasteiger partial charge is 0.349 e. The third-order valence-corrected chi connectivity index (χ3v) is 4.23. The molecule has 0 saturated carbocycles. The van der Waals surface area contributed by atoms with Gasteiger partial charge in [-0.15, -0.1) is 0 Å². The molecule has 102 valence electrons. The van der Waals surface area contributed by atoms with Crippen molar-refractivity contribution in [1.82, 2.24) is 5.32 Å². The molecule has 2 nitrogen and oxygen atoms in total. The molecule has 0 radical (unpaired) electrons. The Morgan fingerprint density at radius 2 is 1.80 bits per heavy atom. The number of benzene rings is 2. The van der Waals surface area contributed by atoms with Gasteiger partial charge in [-0.2, -0.15) is 0 Å². The minimum Gasteiger partial charge on any atom is -0.349 e. The maximum atomic E-state index is 12.2. The first-order chi connectivity index (χ1) is 9.63. The summed E-state index contributed by atoms with van der Waals surface area (Å²) in [5.41, 5.74) is 4.27. The lowest BCUT2D eigenvalue weighted by atomic mass is 10.1. The highest BCUT2D eigenvalue weighted by atomic mass is 35.5. The first kappa shape index (κ1) is 13.2. The van der Waals surface area contributed by atoms with E-state index in [1.165, 1.54) is 11.1 Å². The maximum Gasteiger partial charge on any atom is 0.251 e. The van der Waals surface area contributed by atoms with Gasteiger partial charge in [0.1, 0.15) is 0 Å². The third-order valence-electron chi connectivity index (χ3n) is 3.82. The number of carbonyl (C=O) groups excluding carboxylic acids is 1. The molecule has 0 aliphatic heterocycles. The van der Waals surface area contributed by atoms with Crippen molar-refractivity contribution in [2.75, 3.05) is 0 Å². The highest BCUT2D eigenvalue weighted by Gasteiger charge is 2.22. The maximum absolute atomic E-state index is 12.2. The predicted molar refractivity (Wildman–Crippen MR) is 81.3 cm³/mol. The van der Waals surface area contributed by atoms with E-state index in [1.54, 1.807) is 6.07 Å². The summed E-state index contributed by atoms with van der Waals surface area (Å²) < 4.78 is 0. The SMILES string of the molecule is Cc1ccc(C(=O)NC2Cc3ccccc3C2)cc1Cl. The van der Waals surface area contributed by atoms with Gasteiger partial charge < -0.3 is 5.32 Å². The van der Waals surface area contributed by atoms with Gasteiger partial charge in [0.25, 0.3) is 5.91 Å². The molecule has 1 aliphatic rings. The van der Waals surface area contributed by atoms with Crippen LogP contribution in [0, 0.1) is 6.92 Å². The minimum absolute atomic E-state index is 0.0512. The Hall–Kier alpha value is -1.80. The fraction of sp³-hybridized carbons (Fsp3) is 0.235. The van der Waals surface area contributed by atoms with Crippen LogP contribution >= 0.6 is 11.6 Å². The van der Waals surface area contributed by atoms with Crippen molar-refractivity contribution in [2.24, 2.45) is 0 Å². The monoisotopic (exact) mass is 285 g/mol. The van der Waals surface area contributed by atoms with Crippen LogP contribution in [0.15, 0.2) is 42.5 Å². The van der Waals surface area contributed by atoms with Crippen LogP contribution in [0.2, 0.25) is 5.02 Å². The molecule has 1 N–H and O–H groups in total. The third kappa shape index (κ3) is 2.56. The standard InChI is InChI=1S/C17H16ClNO/c1-11-6-7-14(10-16(11)18)17(20)19-15-8-12-4-2-3-5-13(12)9-15/h2-7,10,15H,8-9H2,1H3,(H,19,20). The fourth-order valence-electron chi connectivity index (χ4n) is 2.66. The van der Waals surface area contributed by atoms with Gasteiger partial charge in [0, 0.05) is 16.6 Å². The van der Waals surface area contributed by atoms with Gasteiger partial charge in [0.2, 0.25) is 0 Å². The predicted octanol–water partition coefficient (Wildman–Crippen LogP) is 3.55. The summed E-state index contributed by atoms with van der Waals surface area (Å²) in [5, 5.41) is 3.72. The van der Waals surface area contributed by atoms with Crippen LogP contribution < -0.4 is 5.32 Å². The summed E-state index contributed by atoms with van der Waals surface area (Å²) in [4.78, 5) is 12.2. The van der Waals surface area contributed by atoms with Crippen LogP contribution in [0.5, 0.6) is 0 Å². The van der Waals surface area contributed by atoms with Gasteiger partial charge in [0.05, 0.1) is 0 Å². The van der Waals surface area contributed by atoms with E-state index in [4.69, 9.17) is 11.6 Å². The van der Waals surface area contributed by atoms with Crippen LogP contribution in [-0.4, -0.2) is 11.9 Å². The molecule has 2 aromatic rings. The molecule has 0 saturated heterocycles. The molecule has 0 atom stereocenters. The number of nitrogens with one attached hydrogen (secondary N) is 1. The first-order valence-electron chi connectivity index (χ1n) is 6.77.